The molecule has 1 aliphatic carbocycles. The molecule has 1 N–H and O–H groups in total. The van der Waals surface area contributed by atoms with E-state index in [0.29, 0.717) is 57.2 Å². The van der Waals surface area contributed by atoms with Crippen molar-refractivity contribution >= 4 is 23.5 Å². The van der Waals surface area contributed by atoms with Crippen molar-refractivity contribution in [3.63, 3.8) is 0 Å². The zero-order chi connectivity index (χ0) is 29.0. The lowest BCUT2D eigenvalue weighted by atomic mass is 9.71. The molecular weight excluding hydrogens is 507 g/mol. The molecular formula is C33H43FN2O4. The molecule has 4 rings (SSSR count). The Kier molecular flexibility index (Phi) is 9.32. The molecule has 2 fully saturated rings. The Morgan fingerprint density at radius 1 is 1.02 bits per heavy atom. The smallest absolute Gasteiger partial charge is 0.308 e. The number of rotatable bonds is 6. The fourth-order valence-corrected chi connectivity index (χ4v) is 6.43. The van der Waals surface area contributed by atoms with Gasteiger partial charge in [-0.3, -0.25) is 14.4 Å². The summed E-state index contributed by atoms with van der Waals surface area (Å²) in [7, 11) is 0. The summed E-state index contributed by atoms with van der Waals surface area (Å²) in [6.07, 6.45) is 4.03. The normalized spacial score (nSPS) is 23.4. The standard InChI is InChI=1S/C33H43FN2O4/c1-6-40-32(39)23-17-15-22(16-18-23)29-26(30(37)35-25-12-8-11-24(20-25)33(3,4)5)13-9-19-36(29)31(38)28-21(2)10-7-14-27(28)34/h7-8,10-12,14,20,22-23,26,29H,6,9,13,15-19H2,1-5H3,(H,35,37)/t22?,23?,26-,29-/m0/s1. The van der Waals surface area contributed by atoms with Gasteiger partial charge in [-0.15, -0.1) is 0 Å². The number of carbonyl (C=O) groups excluding carboxylic acids is 3. The molecule has 2 aromatic rings. The van der Waals surface area contributed by atoms with Gasteiger partial charge in [-0.1, -0.05) is 45.0 Å². The van der Waals surface area contributed by atoms with Gasteiger partial charge in [0.25, 0.3) is 5.91 Å². The highest BCUT2D eigenvalue weighted by Gasteiger charge is 2.45. The van der Waals surface area contributed by atoms with Gasteiger partial charge in [0.2, 0.25) is 5.91 Å². The molecule has 0 bridgehead atoms. The molecule has 2 atom stereocenters. The van der Waals surface area contributed by atoms with Crippen LogP contribution in [-0.4, -0.2) is 41.9 Å². The molecule has 7 heteroatoms. The molecule has 1 heterocycles. The lowest BCUT2D eigenvalue weighted by molar-refractivity contribution is -0.150. The number of nitrogens with zero attached hydrogens (tertiary/aromatic N) is 1. The summed E-state index contributed by atoms with van der Waals surface area (Å²) < 4.78 is 20.2. The monoisotopic (exact) mass is 550 g/mol. The summed E-state index contributed by atoms with van der Waals surface area (Å²) in [5.41, 5.74) is 2.45. The molecule has 1 saturated heterocycles. The number of nitrogens with one attached hydrogen (secondary N) is 1. The van der Waals surface area contributed by atoms with Crippen molar-refractivity contribution in [2.45, 2.75) is 84.6 Å². The van der Waals surface area contributed by atoms with E-state index in [1.54, 1.807) is 30.9 Å². The van der Waals surface area contributed by atoms with E-state index in [1.807, 2.05) is 18.2 Å². The van der Waals surface area contributed by atoms with E-state index in [0.717, 1.165) is 11.3 Å². The fourth-order valence-electron chi connectivity index (χ4n) is 6.43. The first-order valence-corrected chi connectivity index (χ1v) is 14.6. The average molecular weight is 551 g/mol. The molecule has 6 nitrogen and oxygen atoms in total. The first kappa shape index (κ1) is 29.8. The van der Waals surface area contributed by atoms with Crippen LogP contribution in [0, 0.1) is 30.5 Å². The van der Waals surface area contributed by atoms with E-state index in [4.69, 9.17) is 4.74 Å². The van der Waals surface area contributed by atoms with Crippen molar-refractivity contribution in [2.24, 2.45) is 17.8 Å². The predicted molar refractivity (Wildman–Crippen MR) is 155 cm³/mol. The van der Waals surface area contributed by atoms with Crippen LogP contribution in [0.15, 0.2) is 42.5 Å². The number of carbonyl (C=O) groups is 3. The highest BCUT2D eigenvalue weighted by atomic mass is 19.1. The van der Waals surface area contributed by atoms with Gasteiger partial charge in [-0.05, 0) is 93.0 Å². The second-order valence-electron chi connectivity index (χ2n) is 12.4. The van der Waals surface area contributed by atoms with Gasteiger partial charge in [-0.25, -0.2) is 4.39 Å². The maximum atomic E-state index is 14.9. The summed E-state index contributed by atoms with van der Waals surface area (Å²) in [5.74, 6) is -1.77. The van der Waals surface area contributed by atoms with Crippen molar-refractivity contribution < 1.29 is 23.5 Å². The number of ether oxygens (including phenoxy) is 1. The predicted octanol–water partition coefficient (Wildman–Crippen LogP) is 6.66. The molecule has 40 heavy (non-hydrogen) atoms. The quantitative estimate of drug-likeness (QED) is 0.408. The number of amides is 2. The molecule has 1 saturated carbocycles. The van der Waals surface area contributed by atoms with E-state index in [2.05, 4.69) is 32.2 Å². The van der Waals surface area contributed by atoms with Crippen LogP contribution in [0.3, 0.4) is 0 Å². The summed E-state index contributed by atoms with van der Waals surface area (Å²) in [6.45, 7) is 10.8. The second-order valence-corrected chi connectivity index (χ2v) is 12.4. The second kappa shape index (κ2) is 12.5. The number of piperidine rings is 1. The number of likely N-dealkylation sites (tertiary alicyclic amines) is 1. The molecule has 0 aromatic heterocycles. The number of esters is 1. The van der Waals surface area contributed by atoms with Gasteiger partial charge in [0, 0.05) is 18.3 Å². The Bertz CT molecular complexity index is 1210. The van der Waals surface area contributed by atoms with Crippen LogP contribution >= 0.6 is 0 Å². The average Bonchev–Trinajstić information content (AvgIpc) is 2.92. The van der Waals surface area contributed by atoms with Crippen LogP contribution in [0.4, 0.5) is 10.1 Å². The largest absolute Gasteiger partial charge is 0.466 e. The third-order valence-electron chi connectivity index (χ3n) is 8.59. The third kappa shape index (κ3) is 6.56. The van der Waals surface area contributed by atoms with Gasteiger partial charge < -0.3 is 15.0 Å². The minimum absolute atomic E-state index is 0.0265. The van der Waals surface area contributed by atoms with Crippen LogP contribution in [0.25, 0.3) is 0 Å². The number of hydrogen-bond donors (Lipinski definition) is 1. The molecule has 0 spiro atoms. The Morgan fingerprint density at radius 3 is 2.38 bits per heavy atom. The minimum atomic E-state index is -0.541. The molecule has 2 aromatic carbocycles. The molecule has 0 unspecified atom stereocenters. The van der Waals surface area contributed by atoms with E-state index < -0.39 is 11.7 Å². The number of anilines is 1. The number of hydrogen-bond acceptors (Lipinski definition) is 4. The van der Waals surface area contributed by atoms with Crippen molar-refractivity contribution in [1.29, 1.82) is 0 Å². The summed E-state index contributed by atoms with van der Waals surface area (Å²) in [5, 5.41) is 3.13. The SMILES string of the molecule is CCOC(=O)C1CCC([C@H]2[C@@H](C(=O)Nc3cccc(C(C)(C)C)c3)CCCN2C(=O)c2c(C)cccc2F)CC1. The van der Waals surface area contributed by atoms with Gasteiger partial charge in [0.15, 0.2) is 0 Å². The molecule has 1 aliphatic heterocycles. The first-order valence-electron chi connectivity index (χ1n) is 14.6. The van der Waals surface area contributed by atoms with E-state index >= 15 is 0 Å². The zero-order valence-corrected chi connectivity index (χ0v) is 24.5. The Balaban J connectivity index is 1.63. The van der Waals surface area contributed by atoms with Gasteiger partial charge in [0.05, 0.1) is 24.0 Å². The highest BCUT2D eigenvalue weighted by molar-refractivity contribution is 5.98. The van der Waals surface area contributed by atoms with Crippen molar-refractivity contribution in [3.8, 4) is 0 Å². The molecule has 2 aliphatic rings. The van der Waals surface area contributed by atoms with Gasteiger partial charge in [0.1, 0.15) is 5.82 Å². The summed E-state index contributed by atoms with van der Waals surface area (Å²) in [4.78, 5) is 41.9. The zero-order valence-electron chi connectivity index (χ0n) is 24.5. The third-order valence-corrected chi connectivity index (χ3v) is 8.59. The van der Waals surface area contributed by atoms with Crippen LogP contribution < -0.4 is 5.32 Å². The maximum Gasteiger partial charge on any atom is 0.308 e. The number of benzene rings is 2. The Hall–Kier alpha value is -3.22. The minimum Gasteiger partial charge on any atom is -0.466 e. The fraction of sp³-hybridized carbons (Fsp3) is 0.545. The van der Waals surface area contributed by atoms with E-state index in [-0.39, 0.29) is 46.6 Å². The van der Waals surface area contributed by atoms with Gasteiger partial charge in [-0.2, -0.15) is 0 Å². The Labute approximate surface area is 237 Å². The number of aryl methyl sites for hydroxylation is 1. The van der Waals surface area contributed by atoms with Crippen LogP contribution in [0.5, 0.6) is 0 Å². The van der Waals surface area contributed by atoms with Crippen LogP contribution in [-0.2, 0) is 19.7 Å². The summed E-state index contributed by atoms with van der Waals surface area (Å²) in [6, 6.07) is 12.2. The summed E-state index contributed by atoms with van der Waals surface area (Å²) >= 11 is 0. The van der Waals surface area contributed by atoms with Crippen molar-refractivity contribution in [2.75, 3.05) is 18.5 Å². The lowest BCUT2D eigenvalue weighted by Gasteiger charge is -2.46. The van der Waals surface area contributed by atoms with Crippen molar-refractivity contribution in [1.82, 2.24) is 4.90 Å². The molecule has 216 valence electrons. The molecule has 2 amide bonds. The van der Waals surface area contributed by atoms with E-state index in [1.165, 1.54) is 6.07 Å². The topological polar surface area (TPSA) is 75.7 Å². The first-order chi connectivity index (χ1) is 19.0. The van der Waals surface area contributed by atoms with E-state index in [9.17, 15) is 18.8 Å². The maximum absolute atomic E-state index is 14.9. The van der Waals surface area contributed by atoms with Gasteiger partial charge >= 0.3 is 5.97 Å². The molecule has 0 radical (unpaired) electrons. The Morgan fingerprint density at radius 2 is 1.73 bits per heavy atom. The lowest BCUT2D eigenvalue weighted by Crippen LogP contribution is -2.56. The van der Waals surface area contributed by atoms with Crippen LogP contribution in [0.1, 0.15) is 87.7 Å². The van der Waals surface area contributed by atoms with Crippen molar-refractivity contribution in [3.05, 3.63) is 65.0 Å². The van der Waals surface area contributed by atoms with Crippen LogP contribution in [0.2, 0.25) is 0 Å². The highest BCUT2D eigenvalue weighted by Crippen LogP contribution is 2.40. The number of halogens is 1.